The maximum Gasteiger partial charge on any atom is 0.409 e. The number of carbonyl (C=O) groups is 1. The van der Waals surface area contributed by atoms with E-state index in [9.17, 15) is 4.79 Å². The summed E-state index contributed by atoms with van der Waals surface area (Å²) in [6.07, 6.45) is -0.354. The molecule has 0 atom stereocenters. The molecule has 0 unspecified atom stereocenters. The molecule has 0 aliphatic carbocycles. The maximum atomic E-state index is 11.6. The van der Waals surface area contributed by atoms with E-state index in [1.54, 1.807) is 7.05 Å². The number of benzene rings is 1. The smallest absolute Gasteiger partial charge is 0.409 e. The van der Waals surface area contributed by atoms with Gasteiger partial charge in [0.1, 0.15) is 6.61 Å². The standard InChI is InChI=1S/C13H20N2O2/c1-13(2,14)10-15(3)12(16)17-9-11-7-5-4-6-8-11/h4-8H,9-10,14H2,1-3H3. The van der Waals surface area contributed by atoms with Crippen molar-refractivity contribution in [3.8, 4) is 0 Å². The van der Waals surface area contributed by atoms with Gasteiger partial charge in [0, 0.05) is 19.1 Å². The highest BCUT2D eigenvalue weighted by Gasteiger charge is 2.18. The average molecular weight is 236 g/mol. The van der Waals surface area contributed by atoms with Crippen molar-refractivity contribution in [2.75, 3.05) is 13.6 Å². The van der Waals surface area contributed by atoms with Gasteiger partial charge in [-0.3, -0.25) is 0 Å². The molecule has 4 heteroatoms. The van der Waals surface area contributed by atoms with Crippen LogP contribution >= 0.6 is 0 Å². The van der Waals surface area contributed by atoms with Crippen molar-refractivity contribution in [1.82, 2.24) is 4.90 Å². The highest BCUT2D eigenvalue weighted by molar-refractivity contribution is 5.67. The molecule has 1 rings (SSSR count). The van der Waals surface area contributed by atoms with Gasteiger partial charge in [0.15, 0.2) is 0 Å². The summed E-state index contributed by atoms with van der Waals surface area (Å²) in [5.41, 5.74) is 6.39. The fraction of sp³-hybridized carbons (Fsp3) is 0.462. The Morgan fingerprint density at radius 2 is 1.94 bits per heavy atom. The molecule has 0 aromatic heterocycles. The van der Waals surface area contributed by atoms with Gasteiger partial charge in [-0.2, -0.15) is 0 Å². The lowest BCUT2D eigenvalue weighted by atomic mass is 10.1. The molecule has 0 aliphatic rings. The van der Waals surface area contributed by atoms with Crippen molar-refractivity contribution < 1.29 is 9.53 Å². The summed E-state index contributed by atoms with van der Waals surface area (Å²) in [5.74, 6) is 0. The monoisotopic (exact) mass is 236 g/mol. The molecule has 0 bridgehead atoms. The molecule has 0 heterocycles. The highest BCUT2D eigenvalue weighted by Crippen LogP contribution is 2.05. The van der Waals surface area contributed by atoms with Crippen LogP contribution in [0, 0.1) is 0 Å². The molecule has 1 amide bonds. The van der Waals surface area contributed by atoms with Gasteiger partial charge >= 0.3 is 6.09 Å². The number of hydrogen-bond donors (Lipinski definition) is 1. The van der Waals surface area contributed by atoms with E-state index in [2.05, 4.69) is 0 Å². The zero-order chi connectivity index (χ0) is 12.9. The number of likely N-dealkylation sites (N-methyl/N-ethyl adjacent to an activating group) is 1. The minimum atomic E-state index is -0.416. The topological polar surface area (TPSA) is 55.6 Å². The maximum absolute atomic E-state index is 11.6. The summed E-state index contributed by atoms with van der Waals surface area (Å²) in [7, 11) is 1.68. The van der Waals surface area contributed by atoms with E-state index in [1.165, 1.54) is 4.90 Å². The molecule has 0 radical (unpaired) electrons. The predicted octanol–water partition coefficient (Wildman–Crippen LogP) is 1.99. The first kappa shape index (κ1) is 13.5. The summed E-state index contributed by atoms with van der Waals surface area (Å²) in [6, 6.07) is 9.58. The van der Waals surface area contributed by atoms with E-state index in [4.69, 9.17) is 10.5 Å². The molecule has 2 N–H and O–H groups in total. The van der Waals surface area contributed by atoms with Crippen LogP contribution < -0.4 is 5.73 Å². The van der Waals surface area contributed by atoms with Crippen molar-refractivity contribution in [2.24, 2.45) is 5.73 Å². The Balaban J connectivity index is 2.40. The lowest BCUT2D eigenvalue weighted by Crippen LogP contribution is -2.46. The molecule has 1 aromatic rings. The molecular weight excluding hydrogens is 216 g/mol. The van der Waals surface area contributed by atoms with Gasteiger partial charge in [-0.15, -0.1) is 0 Å². The van der Waals surface area contributed by atoms with Crippen LogP contribution in [0.4, 0.5) is 4.79 Å². The van der Waals surface area contributed by atoms with Crippen LogP contribution in [0.5, 0.6) is 0 Å². The van der Waals surface area contributed by atoms with Crippen molar-refractivity contribution >= 4 is 6.09 Å². The summed E-state index contributed by atoms with van der Waals surface area (Å²) in [4.78, 5) is 13.1. The number of hydrogen-bond acceptors (Lipinski definition) is 3. The Morgan fingerprint density at radius 1 is 1.35 bits per heavy atom. The van der Waals surface area contributed by atoms with E-state index < -0.39 is 5.54 Å². The van der Waals surface area contributed by atoms with Crippen molar-refractivity contribution in [3.05, 3.63) is 35.9 Å². The zero-order valence-corrected chi connectivity index (χ0v) is 10.6. The second-order valence-corrected chi connectivity index (χ2v) is 4.88. The van der Waals surface area contributed by atoms with Crippen LogP contribution in [0.25, 0.3) is 0 Å². The fourth-order valence-electron chi connectivity index (χ4n) is 1.51. The molecule has 0 aliphatic heterocycles. The number of ether oxygens (including phenoxy) is 1. The van der Waals surface area contributed by atoms with Crippen molar-refractivity contribution in [2.45, 2.75) is 26.0 Å². The first-order valence-electron chi connectivity index (χ1n) is 5.59. The Labute approximate surface area is 102 Å². The first-order valence-corrected chi connectivity index (χ1v) is 5.59. The molecule has 17 heavy (non-hydrogen) atoms. The molecule has 0 spiro atoms. The summed E-state index contributed by atoms with van der Waals surface area (Å²) < 4.78 is 5.17. The van der Waals surface area contributed by atoms with Crippen molar-refractivity contribution in [1.29, 1.82) is 0 Å². The fourth-order valence-corrected chi connectivity index (χ4v) is 1.51. The number of nitrogens with two attached hydrogens (primary N) is 1. The molecule has 0 saturated heterocycles. The van der Waals surface area contributed by atoms with Gasteiger partial charge in [0.25, 0.3) is 0 Å². The average Bonchev–Trinajstić information content (AvgIpc) is 2.25. The lowest BCUT2D eigenvalue weighted by Gasteiger charge is -2.25. The third kappa shape index (κ3) is 5.36. The molecule has 1 aromatic carbocycles. The Hall–Kier alpha value is -1.55. The summed E-state index contributed by atoms with van der Waals surface area (Å²) >= 11 is 0. The molecular formula is C13H20N2O2. The quantitative estimate of drug-likeness (QED) is 0.869. The normalized spacial score (nSPS) is 11.1. The van der Waals surface area contributed by atoms with Crippen LogP contribution in [0.1, 0.15) is 19.4 Å². The van der Waals surface area contributed by atoms with Crippen LogP contribution in [-0.4, -0.2) is 30.1 Å². The van der Waals surface area contributed by atoms with Gasteiger partial charge in [-0.05, 0) is 19.4 Å². The van der Waals surface area contributed by atoms with E-state index in [-0.39, 0.29) is 12.7 Å². The van der Waals surface area contributed by atoms with Gasteiger partial charge in [0.2, 0.25) is 0 Å². The van der Waals surface area contributed by atoms with E-state index in [0.29, 0.717) is 6.54 Å². The Bertz CT molecular complexity index is 357. The molecule has 94 valence electrons. The number of rotatable bonds is 4. The largest absolute Gasteiger partial charge is 0.445 e. The van der Waals surface area contributed by atoms with Crippen LogP contribution in [0.2, 0.25) is 0 Å². The van der Waals surface area contributed by atoms with Gasteiger partial charge in [0.05, 0.1) is 0 Å². The van der Waals surface area contributed by atoms with E-state index in [0.717, 1.165) is 5.56 Å². The second-order valence-electron chi connectivity index (χ2n) is 4.88. The third-order valence-electron chi connectivity index (χ3n) is 2.16. The molecule has 0 saturated carbocycles. The van der Waals surface area contributed by atoms with Gasteiger partial charge in [-0.1, -0.05) is 30.3 Å². The number of amides is 1. The van der Waals surface area contributed by atoms with E-state index >= 15 is 0 Å². The third-order valence-corrected chi connectivity index (χ3v) is 2.16. The van der Waals surface area contributed by atoms with Crippen LogP contribution in [-0.2, 0) is 11.3 Å². The Kier molecular flexibility index (Phi) is 4.52. The molecule has 4 nitrogen and oxygen atoms in total. The summed E-state index contributed by atoms with van der Waals surface area (Å²) in [5, 5.41) is 0. The summed E-state index contributed by atoms with van der Waals surface area (Å²) in [6.45, 7) is 4.48. The second kappa shape index (κ2) is 5.68. The van der Waals surface area contributed by atoms with Crippen molar-refractivity contribution in [3.63, 3.8) is 0 Å². The minimum absolute atomic E-state index is 0.287. The molecule has 0 fully saturated rings. The zero-order valence-electron chi connectivity index (χ0n) is 10.6. The highest BCUT2D eigenvalue weighted by atomic mass is 16.6. The van der Waals surface area contributed by atoms with Crippen LogP contribution in [0.3, 0.4) is 0 Å². The van der Waals surface area contributed by atoms with Gasteiger partial charge < -0.3 is 15.4 Å². The lowest BCUT2D eigenvalue weighted by molar-refractivity contribution is 0.0989. The predicted molar refractivity (Wildman–Crippen MR) is 67.5 cm³/mol. The van der Waals surface area contributed by atoms with E-state index in [1.807, 2.05) is 44.2 Å². The SMILES string of the molecule is CN(CC(C)(C)N)C(=O)OCc1ccccc1. The Morgan fingerprint density at radius 3 is 2.47 bits per heavy atom. The number of carbonyl (C=O) groups excluding carboxylic acids is 1. The number of nitrogens with zero attached hydrogens (tertiary/aromatic N) is 1. The van der Waals surface area contributed by atoms with Crippen LogP contribution in [0.15, 0.2) is 30.3 Å². The van der Waals surface area contributed by atoms with Gasteiger partial charge in [-0.25, -0.2) is 4.79 Å². The minimum Gasteiger partial charge on any atom is -0.445 e. The first-order chi connectivity index (χ1) is 7.88.